The third-order valence-corrected chi connectivity index (χ3v) is 3.14. The maximum Gasteiger partial charge on any atom is 0.302 e. The van der Waals surface area contributed by atoms with E-state index in [1.807, 2.05) is 0 Å². The fourth-order valence-corrected chi connectivity index (χ4v) is 2.11. The molecule has 0 amide bonds. The SMILES string of the molecule is FC1(F)C2\C=C/C=C\C=C/C2C1(F)Cl. The average Bonchev–Trinajstić information content (AvgIpc) is 2.01. The third-order valence-electron chi connectivity index (χ3n) is 2.64. The second-order valence-electron chi connectivity index (χ2n) is 3.45. The lowest BCUT2D eigenvalue weighted by atomic mass is 9.67. The highest BCUT2D eigenvalue weighted by atomic mass is 35.5. The van der Waals surface area contributed by atoms with Crippen LogP contribution in [0.1, 0.15) is 0 Å². The van der Waals surface area contributed by atoms with E-state index in [9.17, 15) is 13.2 Å². The van der Waals surface area contributed by atoms with Gasteiger partial charge in [0.1, 0.15) is 0 Å². The maximum absolute atomic E-state index is 13.3. The van der Waals surface area contributed by atoms with Crippen molar-refractivity contribution in [1.29, 1.82) is 0 Å². The molecule has 0 aliphatic heterocycles. The van der Waals surface area contributed by atoms with Gasteiger partial charge in [-0.25, -0.2) is 13.2 Å². The highest BCUT2D eigenvalue weighted by Crippen LogP contribution is 2.62. The highest BCUT2D eigenvalue weighted by molar-refractivity contribution is 6.24. The van der Waals surface area contributed by atoms with Crippen LogP contribution in [-0.4, -0.2) is 11.1 Å². The minimum absolute atomic E-state index is 0.944. The van der Waals surface area contributed by atoms with E-state index in [4.69, 9.17) is 11.6 Å². The summed E-state index contributed by atoms with van der Waals surface area (Å²) in [7, 11) is 0. The molecule has 0 radical (unpaired) electrons. The number of fused-ring (bicyclic) bond motifs is 1. The normalized spacial score (nSPS) is 50.6. The Morgan fingerprint density at radius 2 is 1.36 bits per heavy atom. The molecule has 0 spiro atoms. The average molecular weight is 221 g/mol. The Bertz CT molecular complexity index is 296. The summed E-state index contributed by atoms with van der Waals surface area (Å²) in [6, 6.07) is 0. The molecule has 2 aliphatic carbocycles. The second kappa shape index (κ2) is 2.89. The van der Waals surface area contributed by atoms with E-state index in [-0.39, 0.29) is 0 Å². The minimum atomic E-state index is -3.48. The van der Waals surface area contributed by atoms with Crippen molar-refractivity contribution in [2.24, 2.45) is 11.8 Å². The largest absolute Gasteiger partial charge is 0.302 e. The molecule has 0 bridgehead atoms. The van der Waals surface area contributed by atoms with Crippen LogP contribution in [0.15, 0.2) is 36.5 Å². The zero-order chi connectivity index (χ0) is 10.4. The molecule has 0 heterocycles. The van der Waals surface area contributed by atoms with Gasteiger partial charge in [-0.2, -0.15) is 0 Å². The Balaban J connectivity index is 2.37. The number of alkyl halides is 4. The van der Waals surface area contributed by atoms with Crippen LogP contribution in [0, 0.1) is 11.8 Å². The fraction of sp³-hybridized carbons (Fsp3) is 0.400. The van der Waals surface area contributed by atoms with E-state index >= 15 is 0 Å². The molecule has 0 aromatic carbocycles. The molecule has 0 aromatic heterocycles. The van der Waals surface area contributed by atoms with E-state index in [1.54, 1.807) is 12.2 Å². The van der Waals surface area contributed by atoms with Gasteiger partial charge >= 0.3 is 5.92 Å². The standard InChI is InChI=1S/C10H8ClF3/c11-9(12)7-5-3-1-2-4-6-8(7)10(9,13)14/h1-8H/b2-1-,5-3-,6-4-. The zero-order valence-electron chi connectivity index (χ0n) is 7.13. The van der Waals surface area contributed by atoms with Gasteiger partial charge < -0.3 is 0 Å². The quantitative estimate of drug-likeness (QED) is 0.549. The third kappa shape index (κ3) is 1.08. The number of hydrogen-bond donors (Lipinski definition) is 0. The monoisotopic (exact) mass is 220 g/mol. The maximum atomic E-state index is 13.3. The molecule has 0 aromatic rings. The van der Waals surface area contributed by atoms with Crippen LogP contribution in [0.5, 0.6) is 0 Å². The molecular formula is C10H8ClF3. The second-order valence-corrected chi connectivity index (χ2v) is 4.00. The van der Waals surface area contributed by atoms with Gasteiger partial charge in [0, 0.05) is 5.92 Å². The number of rotatable bonds is 0. The van der Waals surface area contributed by atoms with Gasteiger partial charge in [0.15, 0.2) is 0 Å². The van der Waals surface area contributed by atoms with E-state index in [0.29, 0.717) is 0 Å². The first-order valence-corrected chi connectivity index (χ1v) is 4.63. The first-order valence-electron chi connectivity index (χ1n) is 4.25. The Hall–Kier alpha value is -0.700. The van der Waals surface area contributed by atoms with Gasteiger partial charge in [0.25, 0.3) is 5.13 Å². The topological polar surface area (TPSA) is 0 Å². The van der Waals surface area contributed by atoms with Crippen molar-refractivity contribution in [3.8, 4) is 0 Å². The molecule has 0 N–H and O–H groups in total. The predicted octanol–water partition coefficient (Wildman–Crippen LogP) is 3.45. The lowest BCUT2D eigenvalue weighted by molar-refractivity contribution is -0.228. The van der Waals surface area contributed by atoms with Crippen LogP contribution in [0.25, 0.3) is 0 Å². The number of hydrogen-bond acceptors (Lipinski definition) is 0. The molecular weight excluding hydrogens is 213 g/mol. The van der Waals surface area contributed by atoms with Crippen molar-refractivity contribution in [2.45, 2.75) is 11.1 Å². The van der Waals surface area contributed by atoms with Crippen LogP contribution in [-0.2, 0) is 0 Å². The van der Waals surface area contributed by atoms with Crippen molar-refractivity contribution in [2.75, 3.05) is 0 Å². The van der Waals surface area contributed by atoms with Gasteiger partial charge in [0.05, 0.1) is 5.92 Å². The van der Waals surface area contributed by atoms with E-state index in [2.05, 4.69) is 0 Å². The van der Waals surface area contributed by atoms with E-state index in [0.717, 1.165) is 0 Å². The minimum Gasteiger partial charge on any atom is -0.219 e. The molecule has 0 saturated heterocycles. The molecule has 0 nitrogen and oxygen atoms in total. The van der Waals surface area contributed by atoms with Gasteiger partial charge in [-0.05, 0) is 0 Å². The summed E-state index contributed by atoms with van der Waals surface area (Å²) in [6.45, 7) is 0. The van der Waals surface area contributed by atoms with E-state index < -0.39 is 22.9 Å². The first kappa shape index (κ1) is 9.84. The van der Waals surface area contributed by atoms with Crippen LogP contribution in [0.2, 0.25) is 0 Å². The van der Waals surface area contributed by atoms with Gasteiger partial charge in [-0.3, -0.25) is 0 Å². The van der Waals surface area contributed by atoms with Crippen molar-refractivity contribution in [3.05, 3.63) is 36.5 Å². The fourth-order valence-electron chi connectivity index (χ4n) is 1.78. The predicted molar refractivity (Wildman–Crippen MR) is 49.0 cm³/mol. The summed E-state index contributed by atoms with van der Waals surface area (Å²) >= 11 is 5.17. The smallest absolute Gasteiger partial charge is 0.219 e. The lowest BCUT2D eigenvalue weighted by Gasteiger charge is -2.50. The highest BCUT2D eigenvalue weighted by Gasteiger charge is 2.74. The Morgan fingerprint density at radius 3 is 1.93 bits per heavy atom. The Morgan fingerprint density at radius 1 is 0.857 bits per heavy atom. The van der Waals surface area contributed by atoms with Crippen LogP contribution in [0.3, 0.4) is 0 Å². The molecule has 14 heavy (non-hydrogen) atoms. The van der Waals surface area contributed by atoms with Gasteiger partial charge in [0.2, 0.25) is 0 Å². The zero-order valence-corrected chi connectivity index (χ0v) is 7.89. The summed E-state index contributed by atoms with van der Waals surface area (Å²) in [5.74, 6) is -5.56. The number of halogens is 4. The molecule has 76 valence electrons. The molecule has 1 saturated carbocycles. The van der Waals surface area contributed by atoms with E-state index in [1.165, 1.54) is 24.3 Å². The van der Waals surface area contributed by atoms with Gasteiger partial charge in [-0.15, -0.1) is 0 Å². The summed E-state index contributed by atoms with van der Waals surface area (Å²) in [5.41, 5.74) is 0. The molecule has 2 aliphatic rings. The Labute approximate surface area is 84.7 Å². The van der Waals surface area contributed by atoms with Crippen LogP contribution < -0.4 is 0 Å². The molecule has 3 atom stereocenters. The number of allylic oxidation sites excluding steroid dienone is 6. The van der Waals surface area contributed by atoms with Gasteiger partial charge in [-0.1, -0.05) is 48.1 Å². The summed E-state index contributed by atoms with van der Waals surface area (Å²) in [5, 5.41) is -2.94. The molecule has 3 unspecified atom stereocenters. The first-order chi connectivity index (χ1) is 6.48. The lowest BCUT2D eigenvalue weighted by Crippen LogP contribution is -2.64. The van der Waals surface area contributed by atoms with Crippen molar-refractivity contribution in [1.82, 2.24) is 0 Å². The summed E-state index contributed by atoms with van der Waals surface area (Å²) < 4.78 is 39.6. The summed E-state index contributed by atoms with van der Waals surface area (Å²) in [6.07, 6.45) is 8.97. The molecule has 2 rings (SSSR count). The van der Waals surface area contributed by atoms with Crippen molar-refractivity contribution in [3.63, 3.8) is 0 Å². The van der Waals surface area contributed by atoms with Crippen molar-refractivity contribution >= 4 is 11.6 Å². The molecule has 1 fully saturated rings. The summed E-state index contributed by atoms with van der Waals surface area (Å²) in [4.78, 5) is 0. The van der Waals surface area contributed by atoms with Crippen LogP contribution in [0.4, 0.5) is 13.2 Å². The molecule has 4 heteroatoms. The van der Waals surface area contributed by atoms with Crippen molar-refractivity contribution < 1.29 is 13.2 Å². The Kier molecular flexibility index (Phi) is 2.03. The van der Waals surface area contributed by atoms with Crippen LogP contribution >= 0.6 is 11.6 Å².